The van der Waals surface area contributed by atoms with Crippen molar-refractivity contribution in [3.05, 3.63) is 35.4 Å². The van der Waals surface area contributed by atoms with Crippen molar-refractivity contribution in [2.45, 2.75) is 57.0 Å². The summed E-state index contributed by atoms with van der Waals surface area (Å²) in [5.74, 6) is -1.77. The van der Waals surface area contributed by atoms with Crippen LogP contribution in [0.4, 0.5) is 13.2 Å². The third kappa shape index (κ3) is 5.54. The summed E-state index contributed by atoms with van der Waals surface area (Å²) in [5.41, 5.74) is -1.81. The molecule has 25 heavy (non-hydrogen) atoms. The molecule has 142 valence electrons. The number of hydrogen-bond donors (Lipinski definition) is 1. The first kappa shape index (κ1) is 21.6. The van der Waals surface area contributed by atoms with E-state index in [0.29, 0.717) is 0 Å². The highest BCUT2D eigenvalue weighted by molar-refractivity contribution is 7.84. The van der Waals surface area contributed by atoms with Crippen LogP contribution >= 0.6 is 0 Å². The lowest BCUT2D eigenvalue weighted by atomic mass is 9.82. The summed E-state index contributed by atoms with van der Waals surface area (Å²) in [6, 6.07) is 4.53. The van der Waals surface area contributed by atoms with Crippen LogP contribution in [0.5, 0.6) is 0 Å². The van der Waals surface area contributed by atoms with E-state index in [4.69, 9.17) is 4.74 Å². The Hall–Kier alpha value is -1.41. The Morgan fingerprint density at radius 1 is 1.16 bits per heavy atom. The van der Waals surface area contributed by atoms with Crippen LogP contribution in [0.25, 0.3) is 0 Å². The Bertz CT molecular complexity index is 651. The lowest BCUT2D eigenvalue weighted by Crippen LogP contribution is -2.52. The van der Waals surface area contributed by atoms with E-state index in [0.717, 1.165) is 12.1 Å². The first-order valence-corrected chi connectivity index (χ1v) is 8.80. The van der Waals surface area contributed by atoms with E-state index in [9.17, 15) is 22.2 Å². The van der Waals surface area contributed by atoms with E-state index in [1.165, 1.54) is 19.2 Å². The number of ether oxygens (including phenoxy) is 1. The summed E-state index contributed by atoms with van der Waals surface area (Å²) < 4.78 is 58.5. The number of benzene rings is 1. The van der Waals surface area contributed by atoms with Crippen LogP contribution in [0, 0.1) is 0 Å². The van der Waals surface area contributed by atoms with Crippen molar-refractivity contribution < 1.29 is 26.9 Å². The summed E-state index contributed by atoms with van der Waals surface area (Å²) >= 11 is 0. The summed E-state index contributed by atoms with van der Waals surface area (Å²) in [6.45, 7) is 8.48. The molecule has 4 nitrogen and oxygen atoms in total. The first-order chi connectivity index (χ1) is 11.2. The van der Waals surface area contributed by atoms with Crippen molar-refractivity contribution in [2.24, 2.45) is 0 Å². The summed E-state index contributed by atoms with van der Waals surface area (Å²) in [4.78, 5) is 12.3. The fraction of sp³-hybridized carbons (Fsp3) is 0.588. The van der Waals surface area contributed by atoms with Crippen LogP contribution in [-0.2, 0) is 26.7 Å². The van der Waals surface area contributed by atoms with E-state index in [-0.39, 0.29) is 5.56 Å². The molecule has 1 aromatic carbocycles. The Morgan fingerprint density at radius 3 is 2.16 bits per heavy atom. The molecule has 1 N–H and O–H groups in total. The molecule has 2 unspecified atom stereocenters. The second-order valence-electron chi connectivity index (χ2n) is 7.28. The maximum atomic E-state index is 13.0. The molecule has 8 heteroatoms. The molecule has 0 heterocycles. The van der Waals surface area contributed by atoms with Crippen LogP contribution in [0.3, 0.4) is 0 Å². The van der Waals surface area contributed by atoms with Crippen LogP contribution in [-0.4, -0.2) is 27.6 Å². The topological polar surface area (TPSA) is 55.4 Å². The zero-order chi connectivity index (χ0) is 19.6. The lowest BCUT2D eigenvalue weighted by Gasteiger charge is -2.35. The third-order valence-electron chi connectivity index (χ3n) is 3.62. The molecule has 0 saturated heterocycles. The highest BCUT2D eigenvalue weighted by atomic mass is 32.2. The van der Waals surface area contributed by atoms with Crippen LogP contribution in [0.2, 0.25) is 0 Å². The minimum absolute atomic E-state index is 0.144. The van der Waals surface area contributed by atoms with Gasteiger partial charge < -0.3 is 4.74 Å². The second-order valence-corrected chi connectivity index (χ2v) is 9.25. The van der Waals surface area contributed by atoms with Crippen molar-refractivity contribution in [3.63, 3.8) is 0 Å². The maximum absolute atomic E-state index is 13.0. The number of carbonyl (C=O) groups is 1. The minimum Gasteiger partial charge on any atom is -0.468 e. The van der Waals surface area contributed by atoms with E-state index in [2.05, 4.69) is 4.72 Å². The molecule has 0 aromatic heterocycles. The van der Waals surface area contributed by atoms with Gasteiger partial charge in [0.15, 0.2) is 0 Å². The summed E-state index contributed by atoms with van der Waals surface area (Å²) in [6.07, 6.45) is -4.53. The maximum Gasteiger partial charge on any atom is 0.416 e. The summed E-state index contributed by atoms with van der Waals surface area (Å²) in [7, 11) is -0.356. The van der Waals surface area contributed by atoms with Gasteiger partial charge in [0.05, 0.1) is 28.4 Å². The van der Waals surface area contributed by atoms with Gasteiger partial charge in [-0.25, -0.2) is 8.93 Å². The van der Waals surface area contributed by atoms with Gasteiger partial charge in [-0.1, -0.05) is 18.2 Å². The van der Waals surface area contributed by atoms with Crippen molar-refractivity contribution in [3.8, 4) is 0 Å². The van der Waals surface area contributed by atoms with Gasteiger partial charge in [0.25, 0.3) is 0 Å². The lowest BCUT2D eigenvalue weighted by molar-refractivity contribution is -0.144. The van der Waals surface area contributed by atoms with Gasteiger partial charge in [0.2, 0.25) is 0 Å². The number of carbonyl (C=O) groups excluding carboxylic acids is 1. The molecule has 0 radical (unpaired) electrons. The zero-order valence-corrected chi connectivity index (χ0v) is 16.0. The molecule has 0 bridgehead atoms. The van der Waals surface area contributed by atoms with Gasteiger partial charge in [-0.05, 0) is 46.2 Å². The van der Waals surface area contributed by atoms with Gasteiger partial charge in [0.1, 0.15) is 5.92 Å². The Morgan fingerprint density at radius 2 is 1.72 bits per heavy atom. The molecule has 0 amide bonds. The molecule has 0 spiro atoms. The molecule has 2 atom stereocenters. The molecule has 0 aliphatic heterocycles. The van der Waals surface area contributed by atoms with Crippen molar-refractivity contribution in [2.75, 3.05) is 7.11 Å². The minimum atomic E-state index is -4.53. The normalized spacial score (nSPS) is 15.6. The Balaban J connectivity index is 3.35. The molecular weight excluding hydrogens is 355 g/mol. The largest absolute Gasteiger partial charge is 0.468 e. The Kier molecular flexibility index (Phi) is 6.45. The number of alkyl halides is 3. The van der Waals surface area contributed by atoms with E-state index in [1.54, 1.807) is 34.6 Å². The predicted octanol–water partition coefficient (Wildman–Crippen LogP) is 3.79. The highest BCUT2D eigenvalue weighted by Gasteiger charge is 2.41. The average molecular weight is 379 g/mol. The fourth-order valence-electron chi connectivity index (χ4n) is 2.31. The number of methoxy groups -OCH3 is 1. The van der Waals surface area contributed by atoms with Crippen LogP contribution in [0.15, 0.2) is 24.3 Å². The smallest absolute Gasteiger partial charge is 0.416 e. The third-order valence-corrected chi connectivity index (χ3v) is 5.44. The Labute approximate surface area is 148 Å². The fourth-order valence-corrected chi connectivity index (χ4v) is 3.21. The number of rotatable bonds is 5. The summed E-state index contributed by atoms with van der Waals surface area (Å²) in [5, 5.41) is 0. The van der Waals surface area contributed by atoms with Crippen molar-refractivity contribution in [1.82, 2.24) is 4.72 Å². The molecular formula is C17H24F3NO3S. The first-order valence-electron chi connectivity index (χ1n) is 7.65. The standard InChI is InChI=1S/C17H24F3NO3S/c1-15(2,3)25(23)21-16(4,5)13(14(22)24-6)11-8-7-9-12(10-11)17(18,19)20/h7-10,13,21H,1-6H3. The molecule has 0 saturated carbocycles. The second kappa shape index (κ2) is 7.45. The number of nitrogens with one attached hydrogen (secondary N) is 1. The zero-order valence-electron chi connectivity index (χ0n) is 15.2. The van der Waals surface area contributed by atoms with Gasteiger partial charge in [-0.3, -0.25) is 4.79 Å². The van der Waals surface area contributed by atoms with Crippen LogP contribution < -0.4 is 4.72 Å². The van der Waals surface area contributed by atoms with Gasteiger partial charge >= 0.3 is 12.1 Å². The highest BCUT2D eigenvalue weighted by Crippen LogP contribution is 2.35. The molecule has 1 aromatic rings. The van der Waals surface area contributed by atoms with E-state index < -0.39 is 44.9 Å². The van der Waals surface area contributed by atoms with Gasteiger partial charge in [0, 0.05) is 5.54 Å². The van der Waals surface area contributed by atoms with Gasteiger partial charge in [-0.2, -0.15) is 13.2 Å². The molecule has 0 aliphatic rings. The van der Waals surface area contributed by atoms with E-state index >= 15 is 0 Å². The molecule has 0 aliphatic carbocycles. The number of halogens is 3. The molecule has 0 fully saturated rings. The van der Waals surface area contributed by atoms with Gasteiger partial charge in [-0.15, -0.1) is 0 Å². The number of hydrogen-bond acceptors (Lipinski definition) is 3. The predicted molar refractivity (Wildman–Crippen MR) is 91.3 cm³/mol. The van der Waals surface area contributed by atoms with E-state index in [1.807, 2.05) is 0 Å². The van der Waals surface area contributed by atoms with Crippen LogP contribution in [0.1, 0.15) is 51.7 Å². The monoisotopic (exact) mass is 379 g/mol. The molecule has 1 rings (SSSR count). The number of esters is 1. The quantitative estimate of drug-likeness (QED) is 0.792. The SMILES string of the molecule is COC(=O)C(c1cccc(C(F)(F)F)c1)C(C)(C)NS(=O)C(C)(C)C. The van der Waals surface area contributed by atoms with Crippen molar-refractivity contribution >= 4 is 17.0 Å². The average Bonchev–Trinajstić information content (AvgIpc) is 2.44. The van der Waals surface area contributed by atoms with Crippen molar-refractivity contribution in [1.29, 1.82) is 0 Å².